The summed E-state index contributed by atoms with van der Waals surface area (Å²) in [5.74, 6) is -1.23. The number of ether oxygens (including phenoxy) is 1. The molecule has 4 rings (SSSR count). The molecule has 1 aliphatic carbocycles. The molecule has 1 fully saturated rings. The molecule has 1 saturated carbocycles. The maximum atomic E-state index is 14.0. The van der Waals surface area contributed by atoms with E-state index in [-0.39, 0.29) is 17.2 Å². The fourth-order valence-electron chi connectivity index (χ4n) is 3.87. The molecule has 2 atom stereocenters. The zero-order chi connectivity index (χ0) is 20.7. The summed E-state index contributed by atoms with van der Waals surface area (Å²) in [4.78, 5) is 19.6. The Morgan fingerprint density at radius 3 is 2.36 bits per heavy atom. The zero-order valence-electron chi connectivity index (χ0n) is 15.7. The number of carbonyl (C=O) groups is 2. The quantitative estimate of drug-likeness (QED) is 0.589. The Morgan fingerprint density at radius 2 is 1.75 bits per heavy atom. The molecule has 6 heteroatoms. The average molecular weight is 409 g/mol. The highest BCUT2D eigenvalue weighted by Gasteiger charge is 2.49. The zero-order valence-corrected chi connectivity index (χ0v) is 16.5. The van der Waals surface area contributed by atoms with Crippen molar-refractivity contribution in [3.05, 3.63) is 64.2 Å². The van der Waals surface area contributed by atoms with Crippen LogP contribution in [0.1, 0.15) is 36.8 Å². The third kappa shape index (κ3) is 4.41. The standard InChI is InChI=1S/C14H14F2O2.C7H7Cl.CH2O/c15-10-4-5-11(16)13-12(10)14(8-17)6-2-1-3-9(14)7-18-13;1-6-2-4-7(8)5-3-6;1-2/h4-5,8-9H,1-3,6-7H2;2-5H,1H3;1H2. The first kappa shape index (κ1) is 22.0. The van der Waals surface area contributed by atoms with Crippen molar-refractivity contribution in [2.24, 2.45) is 5.92 Å². The molecule has 0 aromatic heterocycles. The van der Waals surface area contributed by atoms with E-state index < -0.39 is 17.0 Å². The first-order valence-electron chi connectivity index (χ1n) is 9.06. The van der Waals surface area contributed by atoms with E-state index in [1.807, 2.05) is 38.0 Å². The number of aryl methyl sites for hydroxylation is 1. The monoisotopic (exact) mass is 408 g/mol. The van der Waals surface area contributed by atoms with Crippen molar-refractivity contribution in [2.75, 3.05) is 6.61 Å². The maximum Gasteiger partial charge on any atom is 0.165 e. The van der Waals surface area contributed by atoms with E-state index in [4.69, 9.17) is 21.1 Å². The molecule has 0 saturated heterocycles. The fourth-order valence-corrected chi connectivity index (χ4v) is 4.00. The van der Waals surface area contributed by atoms with Gasteiger partial charge in [-0.1, -0.05) is 42.1 Å². The van der Waals surface area contributed by atoms with Gasteiger partial charge in [0.1, 0.15) is 18.9 Å². The lowest BCUT2D eigenvalue weighted by Crippen LogP contribution is -2.46. The predicted octanol–water partition coefficient (Wildman–Crippen LogP) is 5.45. The summed E-state index contributed by atoms with van der Waals surface area (Å²) < 4.78 is 33.1. The highest BCUT2D eigenvalue weighted by Crippen LogP contribution is 2.50. The van der Waals surface area contributed by atoms with Crippen molar-refractivity contribution in [1.29, 1.82) is 0 Å². The summed E-state index contributed by atoms with van der Waals surface area (Å²) in [6, 6.07) is 9.88. The molecular weight excluding hydrogens is 386 g/mol. The van der Waals surface area contributed by atoms with Gasteiger partial charge < -0.3 is 14.3 Å². The van der Waals surface area contributed by atoms with Crippen LogP contribution in [0, 0.1) is 24.5 Å². The molecule has 3 nitrogen and oxygen atoms in total. The second-order valence-electron chi connectivity index (χ2n) is 6.94. The van der Waals surface area contributed by atoms with Gasteiger partial charge in [-0.05, 0) is 44.0 Å². The van der Waals surface area contributed by atoms with Gasteiger partial charge in [0.25, 0.3) is 0 Å². The van der Waals surface area contributed by atoms with Gasteiger partial charge in [0, 0.05) is 16.5 Å². The van der Waals surface area contributed by atoms with Crippen LogP contribution in [-0.2, 0) is 15.0 Å². The van der Waals surface area contributed by atoms with E-state index >= 15 is 0 Å². The molecule has 2 aliphatic rings. The number of rotatable bonds is 1. The Morgan fingerprint density at radius 1 is 1.11 bits per heavy atom. The Balaban J connectivity index is 0.000000236. The first-order chi connectivity index (χ1) is 13.5. The molecule has 0 bridgehead atoms. The third-order valence-corrected chi connectivity index (χ3v) is 5.55. The number of hydrogen-bond acceptors (Lipinski definition) is 3. The van der Waals surface area contributed by atoms with Crippen molar-refractivity contribution >= 4 is 24.7 Å². The summed E-state index contributed by atoms with van der Waals surface area (Å²) in [7, 11) is 0. The molecular formula is C22H23ClF2O3. The van der Waals surface area contributed by atoms with Gasteiger partial charge in [-0.3, -0.25) is 0 Å². The second-order valence-corrected chi connectivity index (χ2v) is 7.38. The molecule has 28 heavy (non-hydrogen) atoms. The Kier molecular flexibility index (Phi) is 7.69. The van der Waals surface area contributed by atoms with Crippen LogP contribution in [0.15, 0.2) is 36.4 Å². The van der Waals surface area contributed by atoms with Gasteiger partial charge in [0.2, 0.25) is 0 Å². The molecule has 150 valence electrons. The van der Waals surface area contributed by atoms with Crippen LogP contribution < -0.4 is 4.74 Å². The van der Waals surface area contributed by atoms with Crippen LogP contribution in [0.3, 0.4) is 0 Å². The van der Waals surface area contributed by atoms with E-state index in [0.29, 0.717) is 13.0 Å². The summed E-state index contributed by atoms with van der Waals surface area (Å²) in [6.45, 7) is 4.34. The number of hydrogen-bond donors (Lipinski definition) is 0. The normalized spacial score (nSPS) is 22.1. The lowest BCUT2D eigenvalue weighted by atomic mass is 9.62. The van der Waals surface area contributed by atoms with E-state index in [9.17, 15) is 13.6 Å². The largest absolute Gasteiger partial charge is 0.490 e. The van der Waals surface area contributed by atoms with Gasteiger partial charge >= 0.3 is 0 Å². The van der Waals surface area contributed by atoms with Crippen molar-refractivity contribution in [1.82, 2.24) is 0 Å². The summed E-state index contributed by atoms with van der Waals surface area (Å²) in [5, 5.41) is 0.801. The first-order valence-corrected chi connectivity index (χ1v) is 9.44. The minimum Gasteiger partial charge on any atom is -0.490 e. The van der Waals surface area contributed by atoms with Gasteiger partial charge in [-0.25, -0.2) is 8.78 Å². The molecule has 2 aromatic carbocycles. The van der Waals surface area contributed by atoms with Gasteiger partial charge in [-0.2, -0.15) is 0 Å². The van der Waals surface area contributed by atoms with Crippen molar-refractivity contribution in [3.63, 3.8) is 0 Å². The highest BCUT2D eigenvalue weighted by molar-refractivity contribution is 6.30. The molecule has 0 amide bonds. The van der Waals surface area contributed by atoms with Crippen LogP contribution in [0.2, 0.25) is 5.02 Å². The maximum absolute atomic E-state index is 14.0. The molecule has 1 heterocycles. The molecule has 1 aliphatic heterocycles. The van der Waals surface area contributed by atoms with E-state index in [2.05, 4.69) is 0 Å². The number of benzene rings is 2. The number of carbonyl (C=O) groups excluding carboxylic acids is 2. The second kappa shape index (κ2) is 9.78. The lowest BCUT2D eigenvalue weighted by molar-refractivity contribution is -0.117. The van der Waals surface area contributed by atoms with Crippen molar-refractivity contribution in [3.8, 4) is 5.75 Å². The number of fused-ring (bicyclic) bond motifs is 3. The van der Waals surface area contributed by atoms with Crippen LogP contribution in [0.4, 0.5) is 8.78 Å². The van der Waals surface area contributed by atoms with Gasteiger partial charge in [0.15, 0.2) is 11.6 Å². The molecule has 2 unspecified atom stereocenters. The van der Waals surface area contributed by atoms with Crippen LogP contribution in [-0.4, -0.2) is 19.7 Å². The predicted molar refractivity (Wildman–Crippen MR) is 105 cm³/mol. The Hall–Kier alpha value is -2.27. The van der Waals surface area contributed by atoms with Crippen molar-refractivity contribution in [2.45, 2.75) is 38.0 Å². The van der Waals surface area contributed by atoms with E-state index in [0.717, 1.165) is 42.7 Å². The minimum absolute atomic E-state index is 0.0347. The van der Waals surface area contributed by atoms with Crippen molar-refractivity contribution < 1.29 is 23.1 Å². The highest BCUT2D eigenvalue weighted by atomic mass is 35.5. The van der Waals surface area contributed by atoms with Crippen LogP contribution in [0.5, 0.6) is 5.75 Å². The average Bonchev–Trinajstić information content (AvgIpc) is 2.74. The summed E-state index contributed by atoms with van der Waals surface area (Å²) >= 11 is 5.61. The SMILES string of the molecule is C=O.Cc1ccc(Cl)cc1.O=CC12CCCCC1COc1c(F)ccc(F)c12. The van der Waals surface area contributed by atoms with Crippen LogP contribution in [0.25, 0.3) is 0 Å². The minimum atomic E-state index is -0.891. The van der Waals surface area contributed by atoms with E-state index in [1.165, 1.54) is 5.56 Å². The van der Waals surface area contributed by atoms with E-state index in [1.54, 1.807) is 0 Å². The molecule has 2 aromatic rings. The number of halogens is 3. The van der Waals surface area contributed by atoms with Gasteiger partial charge in [-0.15, -0.1) is 0 Å². The Bertz CT molecular complexity index is 789. The molecule has 0 radical (unpaired) electrons. The fraction of sp³-hybridized carbons (Fsp3) is 0.364. The smallest absolute Gasteiger partial charge is 0.165 e. The van der Waals surface area contributed by atoms with Gasteiger partial charge in [0.05, 0.1) is 12.0 Å². The number of aldehydes is 1. The summed E-state index contributed by atoms with van der Waals surface area (Å²) in [5.41, 5.74) is 0.487. The Labute approximate surface area is 168 Å². The molecule has 0 spiro atoms. The lowest BCUT2D eigenvalue weighted by Gasteiger charge is -2.44. The summed E-state index contributed by atoms with van der Waals surface area (Å²) in [6.07, 6.45) is 4.09. The molecule has 0 N–H and O–H groups in total. The topological polar surface area (TPSA) is 43.4 Å². The van der Waals surface area contributed by atoms with Crippen LogP contribution >= 0.6 is 11.6 Å². The third-order valence-electron chi connectivity index (χ3n) is 5.30.